The van der Waals surface area contributed by atoms with E-state index >= 15 is 0 Å². The van der Waals surface area contributed by atoms with E-state index in [2.05, 4.69) is 10.6 Å². The highest BCUT2D eigenvalue weighted by Crippen LogP contribution is 2.23. The predicted molar refractivity (Wildman–Crippen MR) is 73.7 cm³/mol. The van der Waals surface area contributed by atoms with Crippen molar-refractivity contribution in [3.05, 3.63) is 0 Å². The fourth-order valence-corrected chi connectivity index (χ4v) is 2.24. The summed E-state index contributed by atoms with van der Waals surface area (Å²) in [4.78, 5) is 11.3. The highest BCUT2D eigenvalue weighted by atomic mass is 16.6. The minimum absolute atomic E-state index is 0.321. The molecule has 1 rings (SSSR count). The Labute approximate surface area is 111 Å². The topological polar surface area (TPSA) is 50.4 Å². The lowest BCUT2D eigenvalue weighted by Crippen LogP contribution is -2.34. The maximum absolute atomic E-state index is 11.3. The first-order valence-corrected chi connectivity index (χ1v) is 7.15. The fraction of sp³-hybridized carbons (Fsp3) is 0.929. The molecule has 0 aromatic rings. The van der Waals surface area contributed by atoms with Gasteiger partial charge in [-0.25, -0.2) is 4.79 Å². The monoisotopic (exact) mass is 256 g/mol. The number of alkyl carbamates (subject to hydrolysis) is 1. The second-order valence-electron chi connectivity index (χ2n) is 6.14. The Morgan fingerprint density at radius 3 is 2.50 bits per heavy atom. The van der Waals surface area contributed by atoms with Gasteiger partial charge in [0.1, 0.15) is 5.60 Å². The van der Waals surface area contributed by atoms with Crippen molar-refractivity contribution in [3.63, 3.8) is 0 Å². The summed E-state index contributed by atoms with van der Waals surface area (Å²) in [6.07, 6.45) is 6.18. The maximum Gasteiger partial charge on any atom is 0.407 e. The molecule has 2 N–H and O–H groups in total. The van der Waals surface area contributed by atoms with Crippen LogP contribution < -0.4 is 10.6 Å². The Kier molecular flexibility index (Phi) is 6.47. The van der Waals surface area contributed by atoms with Crippen LogP contribution in [0, 0.1) is 5.92 Å². The highest BCUT2D eigenvalue weighted by molar-refractivity contribution is 5.67. The number of hydrogen-bond acceptors (Lipinski definition) is 3. The molecule has 0 aromatic carbocycles. The minimum atomic E-state index is -0.412. The molecule has 18 heavy (non-hydrogen) atoms. The molecule has 106 valence electrons. The molecular weight excluding hydrogens is 228 g/mol. The third-order valence-electron chi connectivity index (χ3n) is 3.11. The standard InChI is InChI=1S/C14H28N2O2/c1-14(2,3)18-13(17)16-10-6-9-15-11-12-7-4-5-8-12/h12,15H,4-11H2,1-3H3,(H,16,17). The molecule has 0 bridgehead atoms. The van der Waals surface area contributed by atoms with Gasteiger partial charge in [0.2, 0.25) is 0 Å². The molecular formula is C14H28N2O2. The van der Waals surface area contributed by atoms with Gasteiger partial charge in [-0.05, 0) is 59.0 Å². The van der Waals surface area contributed by atoms with Crippen molar-refractivity contribution >= 4 is 6.09 Å². The Balaban J connectivity index is 1.90. The van der Waals surface area contributed by atoms with Crippen LogP contribution in [0.25, 0.3) is 0 Å². The number of nitrogens with one attached hydrogen (secondary N) is 2. The van der Waals surface area contributed by atoms with Crippen LogP contribution in [0.3, 0.4) is 0 Å². The number of carbonyl (C=O) groups is 1. The average Bonchev–Trinajstić information content (AvgIpc) is 2.73. The normalized spacial score (nSPS) is 16.8. The summed E-state index contributed by atoms with van der Waals surface area (Å²) in [5.41, 5.74) is -0.412. The van der Waals surface area contributed by atoms with Gasteiger partial charge in [-0.2, -0.15) is 0 Å². The molecule has 0 heterocycles. The van der Waals surface area contributed by atoms with Crippen LogP contribution in [0.1, 0.15) is 52.9 Å². The Morgan fingerprint density at radius 1 is 1.22 bits per heavy atom. The molecule has 4 heteroatoms. The first kappa shape index (κ1) is 15.3. The lowest BCUT2D eigenvalue weighted by Gasteiger charge is -2.19. The molecule has 1 aliphatic carbocycles. The van der Waals surface area contributed by atoms with Crippen LogP contribution in [0.4, 0.5) is 4.79 Å². The van der Waals surface area contributed by atoms with E-state index in [0.717, 1.165) is 25.4 Å². The van der Waals surface area contributed by atoms with Gasteiger partial charge in [0, 0.05) is 6.54 Å². The van der Waals surface area contributed by atoms with Gasteiger partial charge < -0.3 is 15.4 Å². The number of ether oxygens (including phenoxy) is 1. The third-order valence-corrected chi connectivity index (χ3v) is 3.11. The van der Waals surface area contributed by atoms with Crippen molar-refractivity contribution in [2.45, 2.75) is 58.5 Å². The van der Waals surface area contributed by atoms with Gasteiger partial charge in [0.25, 0.3) is 0 Å². The lowest BCUT2D eigenvalue weighted by atomic mass is 10.1. The molecule has 1 aliphatic rings. The zero-order valence-electron chi connectivity index (χ0n) is 12.1. The molecule has 0 atom stereocenters. The van der Waals surface area contributed by atoms with Crippen LogP contribution in [-0.2, 0) is 4.74 Å². The lowest BCUT2D eigenvalue weighted by molar-refractivity contribution is 0.0527. The zero-order valence-corrected chi connectivity index (χ0v) is 12.1. The van der Waals surface area contributed by atoms with E-state index in [1.54, 1.807) is 0 Å². The summed E-state index contributed by atoms with van der Waals surface area (Å²) in [5.74, 6) is 0.879. The molecule has 1 saturated carbocycles. The first-order valence-electron chi connectivity index (χ1n) is 7.15. The smallest absolute Gasteiger partial charge is 0.407 e. The van der Waals surface area contributed by atoms with Crippen molar-refractivity contribution < 1.29 is 9.53 Å². The Morgan fingerprint density at radius 2 is 1.89 bits per heavy atom. The van der Waals surface area contributed by atoms with Crippen molar-refractivity contribution in [1.82, 2.24) is 10.6 Å². The molecule has 0 aromatic heterocycles. The molecule has 0 aliphatic heterocycles. The van der Waals surface area contributed by atoms with E-state index in [0.29, 0.717) is 6.54 Å². The highest BCUT2D eigenvalue weighted by Gasteiger charge is 2.15. The summed E-state index contributed by atoms with van der Waals surface area (Å²) in [6.45, 7) is 8.38. The number of rotatable bonds is 6. The van der Waals surface area contributed by atoms with Crippen LogP contribution >= 0.6 is 0 Å². The van der Waals surface area contributed by atoms with Crippen molar-refractivity contribution in [3.8, 4) is 0 Å². The summed E-state index contributed by atoms with van der Waals surface area (Å²) >= 11 is 0. The van der Waals surface area contributed by atoms with Crippen LogP contribution in [-0.4, -0.2) is 31.3 Å². The van der Waals surface area contributed by atoms with Crippen LogP contribution in [0.5, 0.6) is 0 Å². The van der Waals surface area contributed by atoms with E-state index in [4.69, 9.17) is 4.74 Å². The summed E-state index contributed by atoms with van der Waals surface area (Å²) in [7, 11) is 0. The van der Waals surface area contributed by atoms with E-state index in [9.17, 15) is 4.79 Å². The number of amides is 1. The zero-order chi connectivity index (χ0) is 13.4. The molecule has 1 fully saturated rings. The largest absolute Gasteiger partial charge is 0.444 e. The third kappa shape index (κ3) is 7.54. The molecule has 0 spiro atoms. The summed E-state index contributed by atoms with van der Waals surface area (Å²) in [5, 5.41) is 6.22. The van der Waals surface area contributed by atoms with Crippen molar-refractivity contribution in [2.24, 2.45) is 5.92 Å². The predicted octanol–water partition coefficient (Wildman–Crippen LogP) is 2.68. The fourth-order valence-electron chi connectivity index (χ4n) is 2.24. The van der Waals surface area contributed by atoms with E-state index in [1.165, 1.54) is 25.7 Å². The van der Waals surface area contributed by atoms with Gasteiger partial charge in [-0.15, -0.1) is 0 Å². The van der Waals surface area contributed by atoms with Gasteiger partial charge in [0.15, 0.2) is 0 Å². The van der Waals surface area contributed by atoms with E-state index in [-0.39, 0.29) is 6.09 Å². The maximum atomic E-state index is 11.3. The Hall–Kier alpha value is -0.770. The van der Waals surface area contributed by atoms with Gasteiger partial charge >= 0.3 is 6.09 Å². The van der Waals surface area contributed by atoms with Crippen LogP contribution in [0.15, 0.2) is 0 Å². The molecule has 0 saturated heterocycles. The molecule has 0 unspecified atom stereocenters. The van der Waals surface area contributed by atoms with E-state index in [1.807, 2.05) is 20.8 Å². The SMILES string of the molecule is CC(C)(C)OC(=O)NCCCNCC1CCCC1. The van der Waals surface area contributed by atoms with Crippen LogP contribution in [0.2, 0.25) is 0 Å². The second kappa shape index (κ2) is 7.62. The summed E-state index contributed by atoms with van der Waals surface area (Å²) in [6, 6.07) is 0. The van der Waals surface area contributed by atoms with E-state index < -0.39 is 5.60 Å². The second-order valence-corrected chi connectivity index (χ2v) is 6.14. The molecule has 4 nitrogen and oxygen atoms in total. The van der Waals surface area contributed by atoms with Gasteiger partial charge in [-0.1, -0.05) is 12.8 Å². The van der Waals surface area contributed by atoms with Crippen molar-refractivity contribution in [2.75, 3.05) is 19.6 Å². The quantitative estimate of drug-likeness (QED) is 0.718. The number of hydrogen-bond donors (Lipinski definition) is 2. The molecule has 1 amide bonds. The minimum Gasteiger partial charge on any atom is -0.444 e. The van der Waals surface area contributed by atoms with Gasteiger partial charge in [-0.3, -0.25) is 0 Å². The average molecular weight is 256 g/mol. The molecule has 0 radical (unpaired) electrons. The number of carbonyl (C=O) groups excluding carboxylic acids is 1. The summed E-state index contributed by atoms with van der Waals surface area (Å²) < 4.78 is 5.16. The Bertz CT molecular complexity index is 243. The van der Waals surface area contributed by atoms with Crippen molar-refractivity contribution in [1.29, 1.82) is 0 Å². The van der Waals surface area contributed by atoms with Gasteiger partial charge in [0.05, 0.1) is 0 Å². The first-order chi connectivity index (χ1) is 8.47.